The van der Waals surface area contributed by atoms with Crippen molar-refractivity contribution >= 4 is 11.7 Å². The first kappa shape index (κ1) is 13.6. The van der Waals surface area contributed by atoms with Crippen LogP contribution in [0.2, 0.25) is 0 Å². The van der Waals surface area contributed by atoms with Crippen molar-refractivity contribution < 1.29 is 10.0 Å². The summed E-state index contributed by atoms with van der Waals surface area (Å²) in [6, 6.07) is 8.68. The summed E-state index contributed by atoms with van der Waals surface area (Å²) in [5.74, 6) is -0.180. The molecule has 0 aliphatic heterocycles. The maximum Gasteiger partial charge on any atom is 0.272 e. The predicted octanol–water partition coefficient (Wildman–Crippen LogP) is 0.445. The first-order valence-electron chi connectivity index (χ1n) is 5.95. The summed E-state index contributed by atoms with van der Waals surface area (Å²) in [7, 11) is 1.75. The minimum Gasteiger partial charge on any atom is -0.409 e. The van der Waals surface area contributed by atoms with E-state index in [1.54, 1.807) is 48.3 Å². The number of aryl methyl sites for hydroxylation is 1. The Morgan fingerprint density at radius 1 is 1.40 bits per heavy atom. The van der Waals surface area contributed by atoms with Crippen molar-refractivity contribution in [2.45, 2.75) is 6.54 Å². The lowest BCUT2D eigenvalue weighted by atomic mass is 10.1. The maximum atomic E-state index is 11.8. The average molecular weight is 273 g/mol. The standard InChI is InChI=1S/C13H15N5O2/c1-18-7-6-11(16-18)13(19)15-8-9-2-4-10(5-3-9)12(14)17-20/h2-7,20H,8H2,1H3,(H2,14,17)(H,15,19). The lowest BCUT2D eigenvalue weighted by Crippen LogP contribution is -2.23. The summed E-state index contributed by atoms with van der Waals surface area (Å²) in [6.45, 7) is 0.381. The molecule has 1 heterocycles. The van der Waals surface area contributed by atoms with Crippen molar-refractivity contribution in [3.05, 3.63) is 53.3 Å². The fraction of sp³-hybridized carbons (Fsp3) is 0.154. The largest absolute Gasteiger partial charge is 0.409 e. The third-order valence-corrected chi connectivity index (χ3v) is 2.76. The third kappa shape index (κ3) is 3.14. The molecule has 0 aliphatic carbocycles. The number of oxime groups is 1. The highest BCUT2D eigenvalue weighted by atomic mass is 16.4. The molecule has 4 N–H and O–H groups in total. The van der Waals surface area contributed by atoms with Gasteiger partial charge in [-0.3, -0.25) is 9.48 Å². The molecule has 7 nitrogen and oxygen atoms in total. The summed E-state index contributed by atoms with van der Waals surface area (Å²) in [5, 5.41) is 18.3. The van der Waals surface area contributed by atoms with Gasteiger partial charge in [-0.1, -0.05) is 29.4 Å². The number of rotatable bonds is 4. The molecule has 104 valence electrons. The number of nitrogens with one attached hydrogen (secondary N) is 1. The Bertz CT molecular complexity index is 630. The Morgan fingerprint density at radius 3 is 2.65 bits per heavy atom. The third-order valence-electron chi connectivity index (χ3n) is 2.76. The van der Waals surface area contributed by atoms with E-state index in [2.05, 4.69) is 15.6 Å². The van der Waals surface area contributed by atoms with Crippen molar-refractivity contribution in [1.82, 2.24) is 15.1 Å². The second-order valence-corrected chi connectivity index (χ2v) is 4.24. The van der Waals surface area contributed by atoms with Gasteiger partial charge in [0.1, 0.15) is 5.69 Å². The van der Waals surface area contributed by atoms with Crippen LogP contribution in [-0.4, -0.2) is 26.7 Å². The lowest BCUT2D eigenvalue weighted by Gasteiger charge is -2.05. The quantitative estimate of drug-likeness (QED) is 0.325. The van der Waals surface area contributed by atoms with Gasteiger partial charge in [0.25, 0.3) is 5.91 Å². The van der Waals surface area contributed by atoms with Gasteiger partial charge in [-0.15, -0.1) is 0 Å². The average Bonchev–Trinajstić information content (AvgIpc) is 2.91. The molecule has 1 aromatic heterocycles. The molecule has 2 rings (SSSR count). The molecule has 1 aromatic carbocycles. The molecule has 0 bridgehead atoms. The van der Waals surface area contributed by atoms with E-state index in [1.807, 2.05) is 0 Å². The second kappa shape index (κ2) is 5.87. The van der Waals surface area contributed by atoms with Gasteiger partial charge in [-0.2, -0.15) is 5.10 Å². The zero-order chi connectivity index (χ0) is 14.5. The summed E-state index contributed by atoms with van der Waals surface area (Å²) in [5.41, 5.74) is 7.36. The molecule has 0 atom stereocenters. The zero-order valence-electron chi connectivity index (χ0n) is 10.9. The number of aromatic nitrogens is 2. The number of benzene rings is 1. The van der Waals surface area contributed by atoms with Gasteiger partial charge in [-0.25, -0.2) is 0 Å². The van der Waals surface area contributed by atoms with E-state index in [9.17, 15) is 4.79 Å². The van der Waals surface area contributed by atoms with Gasteiger partial charge in [0.2, 0.25) is 0 Å². The van der Waals surface area contributed by atoms with Gasteiger partial charge < -0.3 is 16.3 Å². The monoisotopic (exact) mass is 273 g/mol. The number of nitrogens with two attached hydrogens (primary N) is 1. The highest BCUT2D eigenvalue weighted by molar-refractivity contribution is 5.97. The van der Waals surface area contributed by atoms with E-state index in [0.29, 0.717) is 17.8 Å². The van der Waals surface area contributed by atoms with E-state index < -0.39 is 0 Å². The second-order valence-electron chi connectivity index (χ2n) is 4.24. The molecule has 2 aromatic rings. The van der Waals surface area contributed by atoms with E-state index >= 15 is 0 Å². The molecule has 20 heavy (non-hydrogen) atoms. The number of carbonyl (C=O) groups is 1. The number of hydrogen-bond acceptors (Lipinski definition) is 4. The number of carbonyl (C=O) groups excluding carboxylic acids is 1. The van der Waals surface area contributed by atoms with Crippen LogP contribution in [0, 0.1) is 0 Å². The first-order valence-corrected chi connectivity index (χ1v) is 5.95. The van der Waals surface area contributed by atoms with Crippen LogP contribution in [0.25, 0.3) is 0 Å². The molecule has 0 spiro atoms. The summed E-state index contributed by atoms with van der Waals surface area (Å²) >= 11 is 0. The molecule has 0 saturated heterocycles. The molecule has 0 saturated carbocycles. The van der Waals surface area contributed by atoms with Crippen LogP contribution in [0.3, 0.4) is 0 Å². The fourth-order valence-corrected chi connectivity index (χ4v) is 1.66. The first-order chi connectivity index (χ1) is 9.60. The van der Waals surface area contributed by atoms with Gasteiger partial charge in [-0.05, 0) is 11.6 Å². The molecule has 7 heteroatoms. The van der Waals surface area contributed by atoms with Gasteiger partial charge >= 0.3 is 0 Å². The smallest absolute Gasteiger partial charge is 0.272 e. The number of amidine groups is 1. The fourth-order valence-electron chi connectivity index (χ4n) is 1.66. The highest BCUT2D eigenvalue weighted by Crippen LogP contribution is 2.04. The minimum atomic E-state index is -0.230. The lowest BCUT2D eigenvalue weighted by molar-refractivity contribution is 0.0945. The SMILES string of the molecule is Cn1ccc(C(=O)NCc2ccc(/C(N)=N/O)cc2)n1. The number of amides is 1. The van der Waals surface area contributed by atoms with E-state index in [4.69, 9.17) is 10.9 Å². The Morgan fingerprint density at radius 2 is 2.10 bits per heavy atom. The molecular weight excluding hydrogens is 258 g/mol. The summed E-state index contributed by atoms with van der Waals surface area (Å²) in [6.07, 6.45) is 1.71. The van der Waals surface area contributed by atoms with Gasteiger partial charge in [0.05, 0.1) is 0 Å². The summed E-state index contributed by atoms with van der Waals surface area (Å²) in [4.78, 5) is 11.8. The van der Waals surface area contributed by atoms with Crippen LogP contribution in [0.15, 0.2) is 41.7 Å². The molecule has 0 aliphatic rings. The Balaban J connectivity index is 1.96. The molecule has 0 unspecified atom stereocenters. The van der Waals surface area contributed by atoms with Crippen molar-refractivity contribution in [2.75, 3.05) is 0 Å². The van der Waals surface area contributed by atoms with Crippen LogP contribution < -0.4 is 11.1 Å². The molecule has 0 fully saturated rings. The van der Waals surface area contributed by atoms with Crippen LogP contribution in [0.5, 0.6) is 0 Å². The van der Waals surface area contributed by atoms with Crippen molar-refractivity contribution in [2.24, 2.45) is 17.9 Å². The molecular formula is C13H15N5O2. The Kier molecular flexibility index (Phi) is 3.99. The van der Waals surface area contributed by atoms with Crippen molar-refractivity contribution in [3.8, 4) is 0 Å². The maximum absolute atomic E-state index is 11.8. The number of hydrogen-bond donors (Lipinski definition) is 3. The van der Waals surface area contributed by atoms with Crippen LogP contribution in [0.4, 0.5) is 0 Å². The van der Waals surface area contributed by atoms with E-state index in [-0.39, 0.29) is 11.7 Å². The van der Waals surface area contributed by atoms with E-state index in [1.165, 1.54) is 0 Å². The normalized spacial score (nSPS) is 11.3. The topological polar surface area (TPSA) is 106 Å². The molecule has 0 radical (unpaired) electrons. The predicted molar refractivity (Wildman–Crippen MR) is 73.3 cm³/mol. The van der Waals surface area contributed by atoms with Gasteiger partial charge in [0.15, 0.2) is 5.84 Å². The molecule has 1 amide bonds. The van der Waals surface area contributed by atoms with Crippen molar-refractivity contribution in [3.63, 3.8) is 0 Å². The van der Waals surface area contributed by atoms with Crippen LogP contribution in [-0.2, 0) is 13.6 Å². The Hall–Kier alpha value is -2.83. The zero-order valence-corrected chi connectivity index (χ0v) is 10.9. The summed E-state index contributed by atoms with van der Waals surface area (Å²) < 4.78 is 1.57. The van der Waals surface area contributed by atoms with Crippen LogP contribution >= 0.6 is 0 Å². The highest BCUT2D eigenvalue weighted by Gasteiger charge is 2.08. The van der Waals surface area contributed by atoms with E-state index in [0.717, 1.165) is 5.56 Å². The minimum absolute atomic E-state index is 0.0501. The van der Waals surface area contributed by atoms with Crippen LogP contribution in [0.1, 0.15) is 21.6 Å². The van der Waals surface area contributed by atoms with Crippen molar-refractivity contribution in [1.29, 1.82) is 0 Å². The van der Waals surface area contributed by atoms with Gasteiger partial charge in [0, 0.05) is 25.4 Å². The number of nitrogens with zero attached hydrogens (tertiary/aromatic N) is 3. The Labute approximate surface area is 115 Å².